The van der Waals surface area contributed by atoms with Gasteiger partial charge in [-0.3, -0.25) is 0 Å². The molecule has 0 saturated heterocycles. The fourth-order valence-corrected chi connectivity index (χ4v) is 9.35. The maximum Gasteiger partial charge on any atom is 0.166 e. The first-order valence-corrected chi connectivity index (χ1v) is 19.3. The number of aromatic nitrogens is 4. The molecule has 8 aromatic carbocycles. The van der Waals surface area contributed by atoms with Crippen LogP contribution in [0, 0.1) is 0 Å². The van der Waals surface area contributed by atoms with Gasteiger partial charge in [-0.2, -0.15) is 0 Å². The van der Waals surface area contributed by atoms with Gasteiger partial charge in [0.1, 0.15) is 11.2 Å². The van der Waals surface area contributed by atoms with Crippen LogP contribution < -0.4 is 0 Å². The molecule has 0 fully saturated rings. The number of benzene rings is 8. The van der Waals surface area contributed by atoms with Crippen molar-refractivity contribution in [3.63, 3.8) is 0 Å². The van der Waals surface area contributed by atoms with Crippen LogP contribution in [0.1, 0.15) is 8.22 Å². The molecule has 0 amide bonds. The summed E-state index contributed by atoms with van der Waals surface area (Å²) in [5, 5.41) is 4.37. The molecule has 266 valence electrons. The van der Waals surface area contributed by atoms with E-state index in [1.54, 1.807) is 15.9 Å². The molecule has 5 nitrogen and oxygen atoms in total. The van der Waals surface area contributed by atoms with Crippen molar-refractivity contribution in [3.05, 3.63) is 182 Å². The van der Waals surface area contributed by atoms with Gasteiger partial charge in [-0.15, -0.1) is 11.3 Å². The van der Waals surface area contributed by atoms with Crippen molar-refractivity contribution in [2.24, 2.45) is 0 Å². The molecule has 6 heteroatoms. The lowest BCUT2D eigenvalue weighted by molar-refractivity contribution is 0.670. The van der Waals surface area contributed by atoms with Crippen LogP contribution >= 0.6 is 11.3 Å². The third kappa shape index (κ3) is 4.91. The monoisotopic (exact) mass is 752 g/mol. The zero-order valence-corrected chi connectivity index (χ0v) is 30.8. The van der Waals surface area contributed by atoms with Gasteiger partial charge in [0.2, 0.25) is 0 Å². The van der Waals surface area contributed by atoms with E-state index in [4.69, 9.17) is 22.1 Å². The Kier molecular flexibility index (Phi) is 5.82. The maximum atomic E-state index is 9.44. The predicted molar refractivity (Wildman–Crippen MR) is 236 cm³/mol. The Morgan fingerprint density at radius 2 is 1.05 bits per heavy atom. The number of thiophene rings is 1. The molecule has 0 aliphatic heterocycles. The average Bonchev–Trinajstić information content (AvgIpc) is 4.01. The standard InChI is InChI=1S/C51H30N4OS/c1-2-15-31(16-3-1)49-52-50(54-51(53-49)41-26-14-24-39-35-20-7-11-30-45(35)57-48(39)41)40-25-12-21-36(38-23-13-22-37-34-19-6-10-29-44(34)56-47(37)38)46(40)55-42-27-8-4-17-32(42)33-18-5-9-28-43(33)55/h1-30H/i4D,5D,17D,18D,27D,28D. The molecule has 12 aromatic rings. The van der Waals surface area contributed by atoms with Gasteiger partial charge in [0.25, 0.3) is 0 Å². The SMILES string of the molecule is [2H]c1cc([2H])c2c(c1[2H])c1c([2H])c([2H])cc([2H])c1n2-c1c(-c2nc(-c3ccccc3)nc(-c3cccc4c3sc3ccccc34)n2)cccc1-c1cccc2c1oc1ccccc12. The number of rotatable bonds is 5. The maximum absolute atomic E-state index is 9.44. The first-order chi connectivity index (χ1) is 30.7. The van der Waals surface area contributed by atoms with Gasteiger partial charge in [0, 0.05) is 69.5 Å². The Bertz CT molecular complexity index is 3830. The number of hydrogen-bond acceptors (Lipinski definition) is 5. The van der Waals surface area contributed by atoms with Crippen LogP contribution in [0.3, 0.4) is 0 Å². The summed E-state index contributed by atoms with van der Waals surface area (Å²) < 4.78 is 65.2. The Balaban J connectivity index is 1.26. The molecule has 4 aromatic heterocycles. The van der Waals surface area contributed by atoms with Crippen molar-refractivity contribution >= 4 is 75.3 Å². The summed E-state index contributed by atoms with van der Waals surface area (Å²) in [6, 6.07) is 45.5. The molecule has 0 saturated carbocycles. The van der Waals surface area contributed by atoms with Gasteiger partial charge >= 0.3 is 0 Å². The van der Waals surface area contributed by atoms with Crippen molar-refractivity contribution in [1.29, 1.82) is 0 Å². The fourth-order valence-electron chi connectivity index (χ4n) is 8.14. The largest absolute Gasteiger partial charge is 0.455 e. The first kappa shape index (κ1) is 26.4. The minimum absolute atomic E-state index is 0.0759. The van der Waals surface area contributed by atoms with Crippen LogP contribution in [0.4, 0.5) is 0 Å². The summed E-state index contributed by atoms with van der Waals surface area (Å²) in [5.74, 6) is 1.20. The molecular weight excluding hydrogens is 717 g/mol. The third-order valence-electron chi connectivity index (χ3n) is 10.6. The second-order valence-corrected chi connectivity index (χ2v) is 14.9. The van der Waals surface area contributed by atoms with E-state index < -0.39 is 0 Å². The zero-order chi connectivity index (χ0) is 42.7. The van der Waals surface area contributed by atoms with Gasteiger partial charge in [0.15, 0.2) is 17.5 Å². The zero-order valence-electron chi connectivity index (χ0n) is 36.0. The average molecular weight is 753 g/mol. The second-order valence-electron chi connectivity index (χ2n) is 13.8. The van der Waals surface area contributed by atoms with Gasteiger partial charge < -0.3 is 8.98 Å². The molecule has 0 atom stereocenters. The van der Waals surface area contributed by atoms with Crippen molar-refractivity contribution in [3.8, 4) is 51.0 Å². The highest BCUT2D eigenvalue weighted by molar-refractivity contribution is 7.26. The van der Waals surface area contributed by atoms with E-state index in [0.29, 0.717) is 51.0 Å². The summed E-state index contributed by atoms with van der Waals surface area (Å²) in [5.41, 5.74) is 5.74. The van der Waals surface area contributed by atoms with Crippen molar-refractivity contribution in [2.75, 3.05) is 0 Å². The highest BCUT2D eigenvalue weighted by Gasteiger charge is 2.25. The van der Waals surface area contributed by atoms with Crippen LogP contribution in [0.25, 0.3) is 115 Å². The highest BCUT2D eigenvalue weighted by atomic mass is 32.1. The molecular formula is C51H30N4OS. The predicted octanol–water partition coefficient (Wildman–Crippen LogP) is 13.9. The van der Waals surface area contributed by atoms with Gasteiger partial charge in [-0.1, -0.05) is 145 Å². The third-order valence-corrected chi connectivity index (χ3v) is 11.9. The topological polar surface area (TPSA) is 56.7 Å². The van der Waals surface area contributed by atoms with Gasteiger partial charge in [-0.05, 0) is 36.4 Å². The minimum atomic E-state index is -0.202. The lowest BCUT2D eigenvalue weighted by atomic mass is 9.97. The summed E-state index contributed by atoms with van der Waals surface area (Å²) >= 11 is 1.68. The number of furan rings is 1. The molecule has 0 spiro atoms. The molecule has 0 aliphatic carbocycles. The Hall–Kier alpha value is -7.41. The summed E-state index contributed by atoms with van der Waals surface area (Å²) in [4.78, 5) is 15.7. The fraction of sp³-hybridized carbons (Fsp3) is 0. The molecule has 0 unspecified atom stereocenters. The number of para-hydroxylation sites is 5. The van der Waals surface area contributed by atoms with Crippen LogP contribution in [-0.2, 0) is 0 Å². The van der Waals surface area contributed by atoms with Crippen LogP contribution in [-0.4, -0.2) is 19.5 Å². The van der Waals surface area contributed by atoms with Crippen LogP contribution in [0.5, 0.6) is 0 Å². The van der Waals surface area contributed by atoms with Crippen LogP contribution in [0.15, 0.2) is 186 Å². The molecule has 57 heavy (non-hydrogen) atoms. The summed E-state index contributed by atoms with van der Waals surface area (Å²) in [6.07, 6.45) is 0. The molecule has 0 N–H and O–H groups in total. The molecule has 0 bridgehead atoms. The van der Waals surface area contributed by atoms with Gasteiger partial charge in [-0.25, -0.2) is 15.0 Å². The molecule has 0 aliphatic rings. The Morgan fingerprint density at radius 3 is 1.86 bits per heavy atom. The van der Waals surface area contributed by atoms with E-state index >= 15 is 0 Å². The van der Waals surface area contributed by atoms with Gasteiger partial charge in [0.05, 0.1) is 24.9 Å². The molecule has 12 rings (SSSR count). The summed E-state index contributed by atoms with van der Waals surface area (Å²) in [6.45, 7) is 0. The Morgan fingerprint density at radius 1 is 0.456 bits per heavy atom. The Labute approximate surface area is 339 Å². The van der Waals surface area contributed by atoms with Crippen molar-refractivity contribution < 1.29 is 12.6 Å². The highest BCUT2D eigenvalue weighted by Crippen LogP contribution is 2.45. The van der Waals surface area contributed by atoms with E-state index in [9.17, 15) is 5.48 Å². The quantitative estimate of drug-likeness (QED) is 0.176. The molecule has 4 heterocycles. The minimum Gasteiger partial charge on any atom is -0.455 e. The second kappa shape index (κ2) is 12.6. The van der Waals surface area contributed by atoms with Crippen molar-refractivity contribution in [2.45, 2.75) is 0 Å². The lowest BCUT2D eigenvalue weighted by Gasteiger charge is -2.19. The summed E-state index contributed by atoms with van der Waals surface area (Å²) in [7, 11) is 0. The smallest absolute Gasteiger partial charge is 0.166 e. The normalized spacial score (nSPS) is 13.3. The number of fused-ring (bicyclic) bond motifs is 9. The first-order valence-electron chi connectivity index (χ1n) is 21.5. The van der Waals surface area contributed by atoms with E-state index in [2.05, 4.69) is 18.2 Å². The van der Waals surface area contributed by atoms with Crippen molar-refractivity contribution in [1.82, 2.24) is 19.5 Å². The van der Waals surface area contributed by atoms with E-state index in [-0.39, 0.29) is 58.1 Å². The van der Waals surface area contributed by atoms with Crippen LogP contribution in [0.2, 0.25) is 0 Å². The van der Waals surface area contributed by atoms with E-state index in [1.165, 1.54) is 12.1 Å². The van der Waals surface area contributed by atoms with E-state index in [0.717, 1.165) is 42.1 Å². The lowest BCUT2D eigenvalue weighted by Crippen LogP contribution is -2.05. The van der Waals surface area contributed by atoms with E-state index in [1.807, 2.05) is 115 Å². The number of nitrogens with zero attached hydrogens (tertiary/aromatic N) is 4. The molecule has 0 radical (unpaired) electrons. The number of hydrogen-bond donors (Lipinski definition) is 0.